The second kappa shape index (κ2) is 8.09. The third-order valence-corrected chi connectivity index (χ3v) is 12.6. The van der Waals surface area contributed by atoms with Crippen molar-refractivity contribution in [2.45, 2.75) is 33.6 Å². The highest BCUT2D eigenvalue weighted by atomic mass is 15.2. The van der Waals surface area contributed by atoms with Gasteiger partial charge in [-0.2, -0.15) is 0 Å². The number of allylic oxidation sites excluding steroid dienone is 2. The number of benzene rings is 5. The van der Waals surface area contributed by atoms with Crippen LogP contribution in [0.4, 0.5) is 22.7 Å². The van der Waals surface area contributed by atoms with Crippen LogP contribution in [0.25, 0.3) is 22.2 Å². The summed E-state index contributed by atoms with van der Waals surface area (Å²) in [4.78, 5) is 5.10. The van der Waals surface area contributed by atoms with Gasteiger partial charge >= 0.3 is 0 Å². The van der Waals surface area contributed by atoms with Gasteiger partial charge in [0.2, 0.25) is 6.71 Å². The van der Waals surface area contributed by atoms with E-state index in [4.69, 9.17) is 0 Å². The first-order chi connectivity index (χ1) is 22.4. The summed E-state index contributed by atoms with van der Waals surface area (Å²) in [5.74, 6) is 0.244. The smallest absolute Gasteiger partial charge is 0.252 e. The molecule has 1 aliphatic carbocycles. The van der Waals surface area contributed by atoms with Gasteiger partial charge in [-0.25, -0.2) is 0 Å². The van der Waals surface area contributed by atoms with E-state index in [9.17, 15) is 0 Å². The number of fused-ring (bicyclic) bond motifs is 10. The van der Waals surface area contributed by atoms with Crippen LogP contribution in [0.2, 0.25) is 0 Å². The highest BCUT2D eigenvalue weighted by Gasteiger charge is 2.52. The molecule has 0 spiro atoms. The maximum Gasteiger partial charge on any atom is 0.252 e. The number of aryl methyl sites for hydroxylation is 1. The molecular formula is C41H33B2N3. The maximum atomic E-state index is 2.66. The third-order valence-electron chi connectivity index (χ3n) is 12.6. The molecule has 218 valence electrons. The summed E-state index contributed by atoms with van der Waals surface area (Å²) in [6.07, 6.45) is 0. The normalized spacial score (nSPS) is 17.3. The Balaban J connectivity index is 1.43. The molecule has 4 aliphatic heterocycles. The van der Waals surface area contributed by atoms with E-state index in [1.807, 2.05) is 0 Å². The lowest BCUT2D eigenvalue weighted by Gasteiger charge is -2.48. The van der Waals surface area contributed by atoms with Crippen LogP contribution in [-0.2, 0) is 0 Å². The average Bonchev–Trinajstić information content (AvgIpc) is 3.49. The van der Waals surface area contributed by atoms with Crippen molar-refractivity contribution in [2.24, 2.45) is 0 Å². The Hall–Kier alpha value is -4.89. The number of rotatable bonds is 0. The summed E-state index contributed by atoms with van der Waals surface area (Å²) in [7, 11) is 4.65. The molecule has 1 atom stereocenters. The van der Waals surface area contributed by atoms with Crippen LogP contribution >= 0.6 is 0 Å². The van der Waals surface area contributed by atoms with E-state index in [1.54, 1.807) is 0 Å². The van der Waals surface area contributed by atoms with Gasteiger partial charge in [-0.15, -0.1) is 0 Å². The summed E-state index contributed by atoms with van der Waals surface area (Å²) in [5, 5.41) is 1.37. The number of aromatic nitrogens is 1. The van der Waals surface area contributed by atoms with Crippen LogP contribution in [0.5, 0.6) is 0 Å². The minimum atomic E-state index is 0.163. The SMILES string of the molecule is CC1=C(C)C2c3c(cccc31)B1c3ccccc3N(C)c3c1c2c1c2c3-n3c(C)c(C)c4cccc(c43)B2c2ccccc2N1C. The van der Waals surface area contributed by atoms with Crippen molar-refractivity contribution in [3.05, 3.63) is 118 Å². The van der Waals surface area contributed by atoms with Gasteiger partial charge in [0.25, 0.3) is 6.71 Å². The number of hydrogen-bond acceptors (Lipinski definition) is 2. The summed E-state index contributed by atoms with van der Waals surface area (Å²) in [6.45, 7) is 9.74. The van der Waals surface area contributed by atoms with E-state index >= 15 is 0 Å². The van der Waals surface area contributed by atoms with Crippen molar-refractivity contribution in [2.75, 3.05) is 23.9 Å². The summed E-state index contributed by atoms with van der Waals surface area (Å²) >= 11 is 0. The number of hydrogen-bond donors (Lipinski definition) is 0. The zero-order valence-corrected chi connectivity index (χ0v) is 27.2. The van der Waals surface area contributed by atoms with Crippen molar-refractivity contribution in [3.63, 3.8) is 0 Å². The number of para-hydroxylation sites is 3. The molecule has 5 aromatic carbocycles. The molecular weight excluding hydrogens is 556 g/mol. The molecule has 0 saturated carbocycles. The van der Waals surface area contributed by atoms with Crippen LogP contribution in [0.1, 0.15) is 47.7 Å². The fourth-order valence-electron chi connectivity index (χ4n) is 10.5. The Morgan fingerprint density at radius 3 is 1.91 bits per heavy atom. The van der Waals surface area contributed by atoms with Crippen molar-refractivity contribution in [1.82, 2.24) is 4.57 Å². The lowest BCUT2D eigenvalue weighted by atomic mass is 9.29. The van der Waals surface area contributed by atoms with Crippen molar-refractivity contribution >= 4 is 85.4 Å². The van der Waals surface area contributed by atoms with E-state index in [0.29, 0.717) is 0 Å². The quantitative estimate of drug-likeness (QED) is 0.231. The molecule has 5 heterocycles. The fraction of sp³-hybridized carbons (Fsp3) is 0.171. The monoisotopic (exact) mass is 589 g/mol. The molecule has 3 nitrogen and oxygen atoms in total. The minimum Gasteiger partial charge on any atom is -0.345 e. The van der Waals surface area contributed by atoms with Gasteiger partial charge in [-0.05, 0) is 95.0 Å². The first-order valence-corrected chi connectivity index (χ1v) is 16.7. The average molecular weight is 589 g/mol. The standard InChI is InChI=1S/C41H33B2N3/c1-21-22(2)33-34-25(21)13-11-17-29(34)42-27-15-7-10-20-32(27)45(6)40-36(42)35(33)39-37-41(40)46-24(4)23(3)26-14-12-18-30(38(26)46)43(37)28-16-8-9-19-31(28)44(39)5/h7-20,33H,1-6H3. The van der Waals surface area contributed by atoms with Gasteiger partial charge < -0.3 is 14.4 Å². The Morgan fingerprint density at radius 1 is 0.565 bits per heavy atom. The molecule has 5 heteroatoms. The molecule has 0 radical (unpaired) electrons. The number of anilines is 4. The van der Waals surface area contributed by atoms with E-state index in [0.717, 1.165) is 0 Å². The zero-order chi connectivity index (χ0) is 30.9. The fourth-order valence-corrected chi connectivity index (χ4v) is 10.5. The lowest BCUT2D eigenvalue weighted by molar-refractivity contribution is 0.961. The molecule has 1 aromatic heterocycles. The van der Waals surface area contributed by atoms with E-state index in [1.165, 1.54) is 111 Å². The maximum absolute atomic E-state index is 2.66. The molecule has 0 saturated heterocycles. The highest BCUT2D eigenvalue weighted by molar-refractivity contribution is 7.02. The Kier molecular flexibility index (Phi) is 4.45. The van der Waals surface area contributed by atoms with Crippen molar-refractivity contribution in [1.29, 1.82) is 0 Å². The van der Waals surface area contributed by atoms with Gasteiger partial charge in [-0.3, -0.25) is 0 Å². The van der Waals surface area contributed by atoms with Crippen LogP contribution in [-0.4, -0.2) is 32.1 Å². The van der Waals surface area contributed by atoms with E-state index < -0.39 is 0 Å². The molecule has 1 unspecified atom stereocenters. The van der Waals surface area contributed by atoms with Crippen LogP contribution in [0, 0.1) is 13.8 Å². The Morgan fingerprint density at radius 2 is 1.17 bits per heavy atom. The van der Waals surface area contributed by atoms with Crippen LogP contribution < -0.4 is 42.6 Å². The Bertz CT molecular complexity index is 2480. The van der Waals surface area contributed by atoms with Gasteiger partial charge in [0.15, 0.2) is 0 Å². The lowest BCUT2D eigenvalue weighted by Crippen LogP contribution is -2.66. The predicted molar refractivity (Wildman–Crippen MR) is 198 cm³/mol. The van der Waals surface area contributed by atoms with E-state index in [2.05, 4.69) is 141 Å². The van der Waals surface area contributed by atoms with Crippen molar-refractivity contribution < 1.29 is 0 Å². The van der Waals surface area contributed by atoms with Crippen molar-refractivity contribution in [3.8, 4) is 5.69 Å². The molecule has 0 fully saturated rings. The molecule has 5 aliphatic rings. The molecule has 0 N–H and O–H groups in total. The number of nitrogens with zero attached hydrogens (tertiary/aromatic N) is 3. The highest BCUT2D eigenvalue weighted by Crippen LogP contribution is 2.53. The van der Waals surface area contributed by atoms with Gasteiger partial charge in [0.05, 0.1) is 11.4 Å². The van der Waals surface area contributed by atoms with E-state index in [-0.39, 0.29) is 19.3 Å². The third kappa shape index (κ3) is 2.55. The summed E-state index contributed by atoms with van der Waals surface area (Å²) in [6, 6.07) is 32.5. The molecule has 46 heavy (non-hydrogen) atoms. The zero-order valence-electron chi connectivity index (χ0n) is 27.2. The molecule has 11 rings (SSSR count). The molecule has 0 amide bonds. The molecule has 0 bridgehead atoms. The first kappa shape index (κ1) is 25.3. The predicted octanol–water partition coefficient (Wildman–Crippen LogP) is 5.01. The first-order valence-electron chi connectivity index (χ1n) is 16.7. The van der Waals surface area contributed by atoms with Gasteiger partial charge in [0, 0.05) is 53.7 Å². The summed E-state index contributed by atoms with van der Waals surface area (Å²) in [5.41, 5.74) is 27.1. The molecule has 6 aromatic rings. The largest absolute Gasteiger partial charge is 0.345 e. The van der Waals surface area contributed by atoms with Gasteiger partial charge in [0.1, 0.15) is 0 Å². The minimum absolute atomic E-state index is 0.163. The van der Waals surface area contributed by atoms with Crippen LogP contribution in [0.15, 0.2) is 90.5 Å². The second-order valence-electron chi connectivity index (χ2n) is 14.2. The van der Waals surface area contributed by atoms with Crippen LogP contribution in [0.3, 0.4) is 0 Å². The second-order valence-corrected chi connectivity index (χ2v) is 14.2. The Labute approximate surface area is 270 Å². The topological polar surface area (TPSA) is 11.4 Å². The summed E-state index contributed by atoms with van der Waals surface area (Å²) < 4.78 is 2.66. The van der Waals surface area contributed by atoms with Gasteiger partial charge in [-0.1, -0.05) is 83.8 Å².